The van der Waals surface area contributed by atoms with E-state index in [1.807, 2.05) is 4.90 Å². The van der Waals surface area contributed by atoms with Crippen LogP contribution in [-0.4, -0.2) is 43.0 Å². The third-order valence-corrected chi connectivity index (χ3v) is 3.49. The molecule has 0 aromatic rings. The summed E-state index contributed by atoms with van der Waals surface area (Å²) < 4.78 is 5.23. The van der Waals surface area contributed by atoms with Gasteiger partial charge in [0.15, 0.2) is 0 Å². The Hall–Kier alpha value is -0.280. The zero-order valence-corrected chi connectivity index (χ0v) is 9.05. The molecule has 2 heterocycles. The summed E-state index contributed by atoms with van der Waals surface area (Å²) in [5.74, 6) is 0.638. The second-order valence-electron chi connectivity index (χ2n) is 4.31. The number of ether oxygens (including phenoxy) is 1. The van der Waals surface area contributed by atoms with Crippen molar-refractivity contribution in [1.29, 1.82) is 0 Å². The van der Waals surface area contributed by atoms with Gasteiger partial charge in [-0.15, -0.1) is 11.6 Å². The Morgan fingerprint density at radius 1 is 1.36 bits per heavy atom. The van der Waals surface area contributed by atoms with E-state index in [4.69, 9.17) is 16.3 Å². The third-order valence-electron chi connectivity index (χ3n) is 3.30. The van der Waals surface area contributed by atoms with Gasteiger partial charge in [-0.1, -0.05) is 0 Å². The minimum Gasteiger partial charge on any atom is -0.380 e. The van der Waals surface area contributed by atoms with Crippen molar-refractivity contribution in [2.24, 2.45) is 5.41 Å². The van der Waals surface area contributed by atoms with Gasteiger partial charge in [0.25, 0.3) is 0 Å². The van der Waals surface area contributed by atoms with Gasteiger partial charge < -0.3 is 9.64 Å². The summed E-state index contributed by atoms with van der Waals surface area (Å²) in [4.78, 5) is 13.5. The molecule has 0 aromatic heterocycles. The van der Waals surface area contributed by atoms with E-state index in [0.717, 1.165) is 39.1 Å². The summed E-state index contributed by atoms with van der Waals surface area (Å²) in [5, 5.41) is 0. The Kier molecular flexibility index (Phi) is 2.98. The second kappa shape index (κ2) is 4.07. The van der Waals surface area contributed by atoms with E-state index in [-0.39, 0.29) is 5.91 Å². The molecule has 2 aliphatic heterocycles. The van der Waals surface area contributed by atoms with Crippen LogP contribution < -0.4 is 0 Å². The van der Waals surface area contributed by atoms with Crippen molar-refractivity contribution in [3.05, 3.63) is 0 Å². The van der Waals surface area contributed by atoms with E-state index >= 15 is 0 Å². The quantitative estimate of drug-likeness (QED) is 0.652. The number of carbonyl (C=O) groups is 1. The first-order chi connectivity index (χ1) is 6.76. The lowest BCUT2D eigenvalue weighted by atomic mass is 9.77. The first-order valence-electron chi connectivity index (χ1n) is 5.17. The number of hydrogen-bond acceptors (Lipinski definition) is 2. The highest BCUT2D eigenvalue weighted by Gasteiger charge is 2.41. The lowest BCUT2D eigenvalue weighted by molar-refractivity contribution is -0.152. The van der Waals surface area contributed by atoms with Crippen LogP contribution in [0, 0.1) is 5.41 Å². The SMILES string of the molecule is O=C(CCCl)N1CCC2(CC1)COC2. The van der Waals surface area contributed by atoms with Gasteiger partial charge in [0.1, 0.15) is 0 Å². The van der Waals surface area contributed by atoms with E-state index in [1.54, 1.807) is 0 Å². The molecule has 80 valence electrons. The van der Waals surface area contributed by atoms with Crippen LogP contribution in [0.3, 0.4) is 0 Å². The highest BCUT2D eigenvalue weighted by Crippen LogP contribution is 2.38. The van der Waals surface area contributed by atoms with Gasteiger partial charge in [0.05, 0.1) is 13.2 Å². The van der Waals surface area contributed by atoms with E-state index in [2.05, 4.69) is 0 Å². The maximum Gasteiger partial charge on any atom is 0.223 e. The predicted octanol–water partition coefficient (Wildman–Crippen LogP) is 1.25. The summed E-state index contributed by atoms with van der Waals surface area (Å²) in [6, 6.07) is 0. The first kappa shape index (κ1) is 10.2. The van der Waals surface area contributed by atoms with Crippen LogP contribution in [0.25, 0.3) is 0 Å². The topological polar surface area (TPSA) is 29.5 Å². The molecule has 1 amide bonds. The fourth-order valence-electron chi connectivity index (χ4n) is 2.15. The minimum atomic E-state index is 0.204. The minimum absolute atomic E-state index is 0.204. The van der Waals surface area contributed by atoms with Crippen LogP contribution in [0.4, 0.5) is 0 Å². The molecule has 3 nitrogen and oxygen atoms in total. The molecule has 0 saturated carbocycles. The molecular formula is C10H16ClNO2. The Labute approximate surface area is 89.4 Å². The lowest BCUT2D eigenvalue weighted by Gasteiger charge is -2.47. The number of alkyl halides is 1. The van der Waals surface area contributed by atoms with Gasteiger partial charge >= 0.3 is 0 Å². The largest absolute Gasteiger partial charge is 0.380 e. The molecule has 0 aliphatic carbocycles. The van der Waals surface area contributed by atoms with Crippen molar-refractivity contribution in [1.82, 2.24) is 4.90 Å². The number of nitrogens with zero attached hydrogens (tertiary/aromatic N) is 1. The molecule has 0 unspecified atom stereocenters. The first-order valence-corrected chi connectivity index (χ1v) is 5.71. The standard InChI is InChI=1S/C10H16ClNO2/c11-4-1-9(13)12-5-2-10(3-6-12)7-14-8-10/h1-8H2. The molecule has 2 rings (SSSR count). The van der Waals surface area contributed by atoms with Crippen molar-refractivity contribution in [3.63, 3.8) is 0 Å². The molecule has 0 radical (unpaired) electrons. The van der Waals surface area contributed by atoms with Gasteiger partial charge in [0, 0.05) is 30.8 Å². The number of likely N-dealkylation sites (tertiary alicyclic amines) is 1. The molecule has 2 saturated heterocycles. The number of hydrogen-bond donors (Lipinski definition) is 0. The van der Waals surface area contributed by atoms with Gasteiger partial charge in [0.2, 0.25) is 5.91 Å². The van der Waals surface area contributed by atoms with Crippen molar-refractivity contribution in [2.45, 2.75) is 19.3 Å². The van der Waals surface area contributed by atoms with Crippen molar-refractivity contribution in [2.75, 3.05) is 32.2 Å². The van der Waals surface area contributed by atoms with Gasteiger partial charge in [-0.25, -0.2) is 0 Å². The van der Waals surface area contributed by atoms with Crippen LogP contribution >= 0.6 is 11.6 Å². The summed E-state index contributed by atoms with van der Waals surface area (Å²) in [6.45, 7) is 3.56. The lowest BCUT2D eigenvalue weighted by Crippen LogP contribution is -2.52. The molecule has 2 aliphatic rings. The molecular weight excluding hydrogens is 202 g/mol. The number of halogens is 1. The van der Waals surface area contributed by atoms with E-state index in [0.29, 0.717) is 17.7 Å². The fraction of sp³-hybridized carbons (Fsp3) is 0.900. The highest BCUT2D eigenvalue weighted by molar-refractivity contribution is 6.18. The van der Waals surface area contributed by atoms with Crippen LogP contribution in [-0.2, 0) is 9.53 Å². The molecule has 0 bridgehead atoms. The van der Waals surface area contributed by atoms with Crippen LogP contribution in [0.1, 0.15) is 19.3 Å². The Morgan fingerprint density at radius 2 is 2.00 bits per heavy atom. The number of amides is 1. The second-order valence-corrected chi connectivity index (χ2v) is 4.69. The van der Waals surface area contributed by atoms with Crippen molar-refractivity contribution in [3.8, 4) is 0 Å². The van der Waals surface area contributed by atoms with Crippen molar-refractivity contribution < 1.29 is 9.53 Å². The summed E-state index contributed by atoms with van der Waals surface area (Å²) in [6.07, 6.45) is 2.67. The fourth-order valence-corrected chi connectivity index (χ4v) is 2.31. The molecule has 14 heavy (non-hydrogen) atoms. The van der Waals surface area contributed by atoms with Gasteiger partial charge in [-0.3, -0.25) is 4.79 Å². The zero-order valence-electron chi connectivity index (χ0n) is 8.30. The maximum atomic E-state index is 11.5. The normalized spacial score (nSPS) is 24.8. The van der Waals surface area contributed by atoms with E-state index in [9.17, 15) is 4.79 Å². The Morgan fingerprint density at radius 3 is 2.43 bits per heavy atom. The molecule has 0 atom stereocenters. The molecule has 1 spiro atoms. The summed E-state index contributed by atoms with van der Waals surface area (Å²) in [5.41, 5.74) is 0.414. The Bertz CT molecular complexity index is 218. The molecule has 0 aromatic carbocycles. The maximum absolute atomic E-state index is 11.5. The van der Waals surface area contributed by atoms with E-state index in [1.165, 1.54) is 0 Å². The average Bonchev–Trinajstić information content (AvgIpc) is 2.16. The Balaban J connectivity index is 1.80. The highest BCUT2D eigenvalue weighted by atomic mass is 35.5. The van der Waals surface area contributed by atoms with E-state index < -0.39 is 0 Å². The number of rotatable bonds is 2. The number of piperidine rings is 1. The van der Waals surface area contributed by atoms with Crippen LogP contribution in [0.2, 0.25) is 0 Å². The molecule has 0 N–H and O–H groups in total. The monoisotopic (exact) mass is 217 g/mol. The van der Waals surface area contributed by atoms with Crippen molar-refractivity contribution >= 4 is 17.5 Å². The average molecular weight is 218 g/mol. The smallest absolute Gasteiger partial charge is 0.223 e. The summed E-state index contributed by atoms with van der Waals surface area (Å²) in [7, 11) is 0. The number of carbonyl (C=O) groups excluding carboxylic acids is 1. The predicted molar refractivity (Wildman–Crippen MR) is 54.4 cm³/mol. The van der Waals surface area contributed by atoms with Crippen LogP contribution in [0.5, 0.6) is 0 Å². The summed E-state index contributed by atoms with van der Waals surface area (Å²) >= 11 is 5.54. The van der Waals surface area contributed by atoms with Crippen LogP contribution in [0.15, 0.2) is 0 Å². The molecule has 4 heteroatoms. The zero-order chi connectivity index (χ0) is 10.0. The third kappa shape index (κ3) is 1.89. The van der Waals surface area contributed by atoms with Gasteiger partial charge in [-0.05, 0) is 12.8 Å². The van der Waals surface area contributed by atoms with Gasteiger partial charge in [-0.2, -0.15) is 0 Å². The molecule has 2 fully saturated rings.